The maximum atomic E-state index is 12.8. The molecule has 2 heterocycles. The summed E-state index contributed by atoms with van der Waals surface area (Å²) in [7, 11) is 0. The Balaban J connectivity index is 1.51. The van der Waals surface area contributed by atoms with E-state index in [9.17, 15) is 4.79 Å². The Morgan fingerprint density at radius 2 is 1.89 bits per heavy atom. The molecule has 4 rings (SSSR count). The van der Waals surface area contributed by atoms with E-state index >= 15 is 0 Å². The van der Waals surface area contributed by atoms with Crippen LogP contribution in [0.2, 0.25) is 0 Å². The number of aliphatic hydroxyl groups excluding tert-OH is 1. The summed E-state index contributed by atoms with van der Waals surface area (Å²) in [5.41, 5.74) is 4.02. The van der Waals surface area contributed by atoms with Gasteiger partial charge in [0.25, 0.3) is 5.91 Å². The number of anilines is 2. The highest BCUT2D eigenvalue weighted by Crippen LogP contribution is 2.28. The predicted octanol–water partition coefficient (Wildman–Crippen LogP) is 2.96. The number of amides is 1. The number of nitrogens with one attached hydrogen (secondary N) is 2. The summed E-state index contributed by atoms with van der Waals surface area (Å²) in [5.74, 6) is -0.211. The number of hydrogen-bond donors (Lipinski definition) is 3. The summed E-state index contributed by atoms with van der Waals surface area (Å²) in [6, 6.07) is 15.4. The molecular formula is C21H22N4O2S. The molecule has 0 aliphatic carbocycles. The van der Waals surface area contributed by atoms with Crippen molar-refractivity contribution in [1.82, 2.24) is 10.3 Å². The summed E-state index contributed by atoms with van der Waals surface area (Å²) in [4.78, 5) is 19.5. The van der Waals surface area contributed by atoms with Crippen LogP contribution in [-0.4, -0.2) is 42.2 Å². The van der Waals surface area contributed by atoms with Crippen LogP contribution in [0.3, 0.4) is 0 Å². The standard InChI is InChI=1S/C21H22N4O2S/c26-13-15-5-7-16(8-6-15)21-24-18(14-28-21)20(27)23-17-3-1-2-4-19(17)25-11-9-22-10-12-25/h1-8,14,22,26H,9-13H2,(H,23,27). The highest BCUT2D eigenvalue weighted by Gasteiger charge is 2.17. The number of carbonyl (C=O) groups excluding carboxylic acids is 1. The third-order valence-electron chi connectivity index (χ3n) is 4.73. The van der Waals surface area contributed by atoms with Crippen LogP contribution < -0.4 is 15.5 Å². The number of thiazole rings is 1. The monoisotopic (exact) mass is 394 g/mol. The lowest BCUT2D eigenvalue weighted by atomic mass is 10.1. The average Bonchev–Trinajstić information content (AvgIpc) is 3.25. The second kappa shape index (κ2) is 8.52. The smallest absolute Gasteiger partial charge is 0.275 e. The minimum Gasteiger partial charge on any atom is -0.392 e. The Bertz CT molecular complexity index is 949. The fourth-order valence-electron chi connectivity index (χ4n) is 3.21. The van der Waals surface area contributed by atoms with Crippen LogP contribution in [0.5, 0.6) is 0 Å². The number of nitrogens with zero attached hydrogens (tertiary/aromatic N) is 2. The molecule has 1 aliphatic heterocycles. The van der Waals surface area contributed by atoms with Gasteiger partial charge in [-0.1, -0.05) is 36.4 Å². The molecule has 3 N–H and O–H groups in total. The highest BCUT2D eigenvalue weighted by molar-refractivity contribution is 7.13. The van der Waals surface area contributed by atoms with Crippen LogP contribution in [0.25, 0.3) is 10.6 Å². The Labute approximate surface area is 167 Å². The van der Waals surface area contributed by atoms with Crippen LogP contribution in [-0.2, 0) is 6.61 Å². The van der Waals surface area contributed by atoms with Crippen molar-refractivity contribution in [2.45, 2.75) is 6.61 Å². The van der Waals surface area contributed by atoms with Crippen molar-refractivity contribution in [2.75, 3.05) is 36.4 Å². The molecule has 28 heavy (non-hydrogen) atoms. The Hall–Kier alpha value is -2.74. The van der Waals surface area contributed by atoms with Crippen LogP contribution in [0.15, 0.2) is 53.9 Å². The molecule has 144 valence electrons. The van der Waals surface area contributed by atoms with E-state index in [1.165, 1.54) is 11.3 Å². The number of aromatic nitrogens is 1. The first kappa shape index (κ1) is 18.6. The van der Waals surface area contributed by atoms with Gasteiger partial charge >= 0.3 is 0 Å². The molecule has 0 radical (unpaired) electrons. The molecule has 2 aromatic carbocycles. The van der Waals surface area contributed by atoms with E-state index in [1.54, 1.807) is 5.38 Å². The van der Waals surface area contributed by atoms with Crippen LogP contribution in [0, 0.1) is 0 Å². The predicted molar refractivity (Wildman–Crippen MR) is 113 cm³/mol. The van der Waals surface area contributed by atoms with Crippen molar-refractivity contribution >= 4 is 28.6 Å². The Morgan fingerprint density at radius 3 is 2.64 bits per heavy atom. The maximum Gasteiger partial charge on any atom is 0.275 e. The fraction of sp³-hybridized carbons (Fsp3) is 0.238. The van der Waals surface area contributed by atoms with Gasteiger partial charge in [-0.25, -0.2) is 4.98 Å². The molecule has 3 aromatic rings. The molecule has 1 amide bonds. The van der Waals surface area contributed by atoms with Gasteiger partial charge in [0.05, 0.1) is 18.0 Å². The lowest BCUT2D eigenvalue weighted by Gasteiger charge is -2.31. The molecule has 0 unspecified atom stereocenters. The van der Waals surface area contributed by atoms with E-state index in [-0.39, 0.29) is 12.5 Å². The summed E-state index contributed by atoms with van der Waals surface area (Å²) in [6.07, 6.45) is 0. The van der Waals surface area contributed by atoms with Gasteiger partial charge in [0.1, 0.15) is 10.7 Å². The normalized spacial score (nSPS) is 14.1. The van der Waals surface area contributed by atoms with Gasteiger partial charge in [-0.3, -0.25) is 4.79 Å². The molecular weight excluding hydrogens is 372 g/mol. The van der Waals surface area contributed by atoms with Crippen molar-refractivity contribution < 1.29 is 9.90 Å². The molecule has 1 aliphatic rings. The maximum absolute atomic E-state index is 12.8. The molecule has 7 heteroatoms. The van der Waals surface area contributed by atoms with E-state index in [4.69, 9.17) is 5.11 Å². The highest BCUT2D eigenvalue weighted by atomic mass is 32.1. The number of rotatable bonds is 5. The van der Waals surface area contributed by atoms with Gasteiger partial charge < -0.3 is 20.6 Å². The van der Waals surface area contributed by atoms with Crippen molar-refractivity contribution in [3.63, 3.8) is 0 Å². The lowest BCUT2D eigenvalue weighted by molar-refractivity contribution is 0.102. The third-order valence-corrected chi connectivity index (χ3v) is 5.62. The molecule has 0 bridgehead atoms. The second-order valence-electron chi connectivity index (χ2n) is 6.60. The SMILES string of the molecule is O=C(Nc1ccccc1N1CCNCC1)c1csc(-c2ccc(CO)cc2)n1. The van der Waals surface area contributed by atoms with Crippen LogP contribution in [0.1, 0.15) is 16.1 Å². The van der Waals surface area contributed by atoms with Gasteiger partial charge in [-0.05, 0) is 17.7 Å². The lowest BCUT2D eigenvalue weighted by Crippen LogP contribution is -2.43. The van der Waals surface area contributed by atoms with Gasteiger partial charge in [-0.2, -0.15) is 0 Å². The van der Waals surface area contributed by atoms with Crippen LogP contribution in [0.4, 0.5) is 11.4 Å². The van der Waals surface area contributed by atoms with E-state index in [0.717, 1.165) is 53.7 Å². The van der Waals surface area contributed by atoms with Crippen molar-refractivity contribution in [2.24, 2.45) is 0 Å². The minimum atomic E-state index is -0.211. The fourth-order valence-corrected chi connectivity index (χ4v) is 4.02. The molecule has 1 saturated heterocycles. The number of piperazine rings is 1. The molecule has 0 atom stereocenters. The molecule has 1 fully saturated rings. The van der Waals surface area contributed by atoms with E-state index < -0.39 is 0 Å². The second-order valence-corrected chi connectivity index (χ2v) is 7.46. The summed E-state index contributed by atoms with van der Waals surface area (Å²) in [5, 5.41) is 18.1. The molecule has 0 spiro atoms. The summed E-state index contributed by atoms with van der Waals surface area (Å²) >= 11 is 1.43. The largest absolute Gasteiger partial charge is 0.392 e. The Kier molecular flexibility index (Phi) is 5.66. The zero-order valence-corrected chi connectivity index (χ0v) is 16.2. The van der Waals surface area contributed by atoms with Gasteiger partial charge in [0, 0.05) is 37.1 Å². The molecule has 0 saturated carbocycles. The topological polar surface area (TPSA) is 77.5 Å². The Morgan fingerprint density at radius 1 is 1.14 bits per heavy atom. The summed E-state index contributed by atoms with van der Waals surface area (Å²) < 4.78 is 0. The summed E-state index contributed by atoms with van der Waals surface area (Å²) in [6.45, 7) is 3.72. The first-order valence-electron chi connectivity index (χ1n) is 9.26. The van der Waals surface area contributed by atoms with E-state index in [1.807, 2.05) is 48.5 Å². The van der Waals surface area contributed by atoms with E-state index in [2.05, 4.69) is 20.5 Å². The minimum absolute atomic E-state index is 0.0122. The quantitative estimate of drug-likeness (QED) is 0.620. The number of carbonyl (C=O) groups is 1. The molecule has 1 aromatic heterocycles. The number of para-hydroxylation sites is 2. The van der Waals surface area contributed by atoms with Gasteiger partial charge in [0.2, 0.25) is 0 Å². The van der Waals surface area contributed by atoms with Crippen molar-refractivity contribution in [3.8, 4) is 10.6 Å². The first-order valence-corrected chi connectivity index (χ1v) is 10.1. The number of benzene rings is 2. The zero-order valence-electron chi connectivity index (χ0n) is 15.4. The van der Waals surface area contributed by atoms with Gasteiger partial charge in [-0.15, -0.1) is 11.3 Å². The van der Waals surface area contributed by atoms with E-state index in [0.29, 0.717) is 5.69 Å². The third kappa shape index (κ3) is 4.06. The average molecular weight is 395 g/mol. The van der Waals surface area contributed by atoms with Crippen LogP contribution >= 0.6 is 11.3 Å². The number of aliphatic hydroxyl groups is 1. The first-order chi connectivity index (χ1) is 13.7. The van der Waals surface area contributed by atoms with Crippen molar-refractivity contribution in [1.29, 1.82) is 0 Å². The zero-order chi connectivity index (χ0) is 19.3. The van der Waals surface area contributed by atoms with Gasteiger partial charge in [0.15, 0.2) is 0 Å². The number of hydrogen-bond acceptors (Lipinski definition) is 6. The van der Waals surface area contributed by atoms with Crippen molar-refractivity contribution in [3.05, 3.63) is 65.2 Å². The molecule has 6 nitrogen and oxygen atoms in total.